The SMILES string of the molecule is C=CC1COC(c2ccc(CF)c(F)c2)CCC(C)C1. The molecule has 1 aliphatic heterocycles. The Morgan fingerprint density at radius 2 is 2.20 bits per heavy atom. The van der Waals surface area contributed by atoms with Crippen molar-refractivity contribution in [3.05, 3.63) is 47.8 Å². The zero-order chi connectivity index (χ0) is 14.5. The van der Waals surface area contributed by atoms with E-state index in [4.69, 9.17) is 4.74 Å². The lowest BCUT2D eigenvalue weighted by Crippen LogP contribution is -2.19. The molecule has 1 aliphatic rings. The maximum atomic E-state index is 13.7. The minimum atomic E-state index is -0.771. The molecule has 0 saturated carbocycles. The first-order valence-corrected chi connectivity index (χ1v) is 7.22. The predicted octanol–water partition coefficient (Wildman–Crippen LogP) is 4.98. The number of halogens is 2. The van der Waals surface area contributed by atoms with Crippen LogP contribution in [0.1, 0.15) is 43.4 Å². The Balaban J connectivity index is 2.13. The molecule has 0 radical (unpaired) electrons. The van der Waals surface area contributed by atoms with Crippen molar-refractivity contribution < 1.29 is 13.5 Å². The van der Waals surface area contributed by atoms with Gasteiger partial charge < -0.3 is 4.74 Å². The number of hydrogen-bond acceptors (Lipinski definition) is 1. The van der Waals surface area contributed by atoms with Gasteiger partial charge in [-0.05, 0) is 36.8 Å². The smallest absolute Gasteiger partial charge is 0.129 e. The second-order valence-electron chi connectivity index (χ2n) is 5.72. The standard InChI is InChI=1S/C17H22F2O/c1-3-13-8-12(2)4-7-17(20-11-13)14-5-6-15(10-18)16(19)9-14/h3,5-6,9,12-13,17H,1,4,7-8,10-11H2,2H3. The average Bonchev–Trinajstić information content (AvgIpc) is 2.43. The fourth-order valence-corrected chi connectivity index (χ4v) is 2.76. The predicted molar refractivity (Wildman–Crippen MR) is 76.6 cm³/mol. The van der Waals surface area contributed by atoms with Crippen LogP contribution in [-0.2, 0) is 11.4 Å². The first kappa shape index (κ1) is 15.2. The molecular weight excluding hydrogens is 258 g/mol. The Bertz CT molecular complexity index is 458. The van der Waals surface area contributed by atoms with Gasteiger partial charge in [-0.3, -0.25) is 0 Å². The maximum absolute atomic E-state index is 13.7. The van der Waals surface area contributed by atoms with Crippen molar-refractivity contribution in [2.24, 2.45) is 11.8 Å². The molecular formula is C17H22F2O. The van der Waals surface area contributed by atoms with E-state index in [2.05, 4.69) is 13.5 Å². The van der Waals surface area contributed by atoms with Crippen LogP contribution >= 0.6 is 0 Å². The molecule has 110 valence electrons. The summed E-state index contributed by atoms with van der Waals surface area (Å²) in [6.07, 6.45) is 4.83. The molecule has 0 spiro atoms. The number of ether oxygens (including phenoxy) is 1. The molecule has 0 aromatic heterocycles. The minimum Gasteiger partial charge on any atom is -0.373 e. The summed E-state index contributed by atoms with van der Waals surface area (Å²) in [5.41, 5.74) is 0.911. The van der Waals surface area contributed by atoms with Gasteiger partial charge in [-0.1, -0.05) is 25.1 Å². The maximum Gasteiger partial charge on any atom is 0.129 e. The summed E-state index contributed by atoms with van der Waals surface area (Å²) in [6.45, 7) is 5.92. The lowest BCUT2D eigenvalue weighted by molar-refractivity contribution is 0.0111. The van der Waals surface area contributed by atoms with Crippen LogP contribution < -0.4 is 0 Å². The summed E-state index contributed by atoms with van der Waals surface area (Å²) in [6, 6.07) is 4.70. The molecule has 20 heavy (non-hydrogen) atoms. The summed E-state index contributed by atoms with van der Waals surface area (Å²) in [7, 11) is 0. The molecule has 1 aromatic carbocycles. The van der Waals surface area contributed by atoms with Gasteiger partial charge in [0.25, 0.3) is 0 Å². The van der Waals surface area contributed by atoms with Crippen molar-refractivity contribution in [3.8, 4) is 0 Å². The first-order valence-electron chi connectivity index (χ1n) is 7.22. The lowest BCUT2D eigenvalue weighted by Gasteiger charge is -2.27. The van der Waals surface area contributed by atoms with Crippen molar-refractivity contribution in [1.29, 1.82) is 0 Å². The summed E-state index contributed by atoms with van der Waals surface area (Å²) in [5, 5.41) is 0. The van der Waals surface area contributed by atoms with Gasteiger partial charge in [0, 0.05) is 11.5 Å². The van der Waals surface area contributed by atoms with Crippen molar-refractivity contribution in [2.75, 3.05) is 6.61 Å². The molecule has 1 saturated heterocycles. The number of rotatable bonds is 3. The van der Waals surface area contributed by atoms with Crippen LogP contribution in [0.3, 0.4) is 0 Å². The molecule has 3 atom stereocenters. The van der Waals surface area contributed by atoms with E-state index >= 15 is 0 Å². The van der Waals surface area contributed by atoms with E-state index in [0.29, 0.717) is 18.4 Å². The monoisotopic (exact) mass is 280 g/mol. The van der Waals surface area contributed by atoms with Gasteiger partial charge in [0.1, 0.15) is 12.5 Å². The van der Waals surface area contributed by atoms with Crippen LogP contribution in [0.15, 0.2) is 30.9 Å². The van der Waals surface area contributed by atoms with Gasteiger partial charge in [-0.15, -0.1) is 6.58 Å². The molecule has 0 aliphatic carbocycles. The Kier molecular flexibility index (Phi) is 5.30. The van der Waals surface area contributed by atoms with Crippen molar-refractivity contribution in [1.82, 2.24) is 0 Å². The fraction of sp³-hybridized carbons (Fsp3) is 0.529. The molecule has 0 N–H and O–H groups in total. The molecule has 2 rings (SSSR count). The van der Waals surface area contributed by atoms with Crippen molar-refractivity contribution in [3.63, 3.8) is 0 Å². The van der Waals surface area contributed by atoms with Gasteiger partial charge in [-0.25, -0.2) is 8.78 Å². The highest BCUT2D eigenvalue weighted by Crippen LogP contribution is 2.32. The van der Waals surface area contributed by atoms with Crippen LogP contribution in [0.5, 0.6) is 0 Å². The Morgan fingerprint density at radius 1 is 1.40 bits per heavy atom. The minimum absolute atomic E-state index is 0.108. The van der Waals surface area contributed by atoms with Crippen LogP contribution in [0.2, 0.25) is 0 Å². The Labute approximate surface area is 119 Å². The Morgan fingerprint density at radius 3 is 2.85 bits per heavy atom. The van der Waals surface area contributed by atoms with E-state index in [0.717, 1.165) is 24.8 Å². The van der Waals surface area contributed by atoms with E-state index in [9.17, 15) is 8.78 Å². The van der Waals surface area contributed by atoms with E-state index in [1.54, 1.807) is 6.07 Å². The number of hydrogen-bond donors (Lipinski definition) is 0. The molecule has 1 aromatic rings. The molecule has 1 nitrogen and oxygen atoms in total. The number of alkyl halides is 1. The third kappa shape index (κ3) is 3.66. The van der Waals surface area contributed by atoms with E-state index in [-0.39, 0.29) is 11.7 Å². The van der Waals surface area contributed by atoms with Gasteiger partial charge in [0.2, 0.25) is 0 Å². The van der Waals surface area contributed by atoms with E-state index < -0.39 is 12.5 Å². The van der Waals surface area contributed by atoms with Crippen molar-refractivity contribution in [2.45, 2.75) is 39.0 Å². The highest BCUT2D eigenvalue weighted by atomic mass is 19.1. The van der Waals surface area contributed by atoms with E-state index in [1.165, 1.54) is 12.1 Å². The average molecular weight is 280 g/mol. The van der Waals surface area contributed by atoms with Crippen LogP contribution in [0.25, 0.3) is 0 Å². The summed E-state index contributed by atoms with van der Waals surface area (Å²) >= 11 is 0. The van der Waals surface area contributed by atoms with Gasteiger partial charge in [0.15, 0.2) is 0 Å². The normalized spacial score (nSPS) is 27.6. The zero-order valence-corrected chi connectivity index (χ0v) is 11.9. The zero-order valence-electron chi connectivity index (χ0n) is 11.9. The van der Waals surface area contributed by atoms with Crippen molar-refractivity contribution >= 4 is 0 Å². The highest BCUT2D eigenvalue weighted by Gasteiger charge is 2.21. The third-order valence-electron chi connectivity index (χ3n) is 4.06. The summed E-state index contributed by atoms with van der Waals surface area (Å²) in [5.74, 6) is 0.478. The summed E-state index contributed by atoms with van der Waals surface area (Å²) in [4.78, 5) is 0. The molecule has 0 amide bonds. The molecule has 3 unspecified atom stereocenters. The summed E-state index contributed by atoms with van der Waals surface area (Å²) < 4.78 is 32.2. The largest absolute Gasteiger partial charge is 0.373 e. The van der Waals surface area contributed by atoms with Crippen LogP contribution in [0, 0.1) is 17.7 Å². The van der Waals surface area contributed by atoms with Crippen LogP contribution in [-0.4, -0.2) is 6.61 Å². The number of benzene rings is 1. The van der Waals surface area contributed by atoms with Crippen LogP contribution in [0.4, 0.5) is 8.78 Å². The highest BCUT2D eigenvalue weighted by molar-refractivity contribution is 5.25. The molecule has 1 heterocycles. The Hall–Kier alpha value is -1.22. The molecule has 1 fully saturated rings. The van der Waals surface area contributed by atoms with Gasteiger partial charge >= 0.3 is 0 Å². The third-order valence-corrected chi connectivity index (χ3v) is 4.06. The fourth-order valence-electron chi connectivity index (χ4n) is 2.76. The molecule has 3 heteroatoms. The first-order chi connectivity index (χ1) is 9.63. The van der Waals surface area contributed by atoms with Gasteiger partial charge in [0.05, 0.1) is 12.7 Å². The second-order valence-corrected chi connectivity index (χ2v) is 5.72. The van der Waals surface area contributed by atoms with Gasteiger partial charge in [-0.2, -0.15) is 0 Å². The molecule has 0 bridgehead atoms. The quantitative estimate of drug-likeness (QED) is 0.710. The lowest BCUT2D eigenvalue weighted by atomic mass is 9.89. The second kappa shape index (κ2) is 6.98. The topological polar surface area (TPSA) is 9.23 Å². The van der Waals surface area contributed by atoms with E-state index in [1.807, 2.05) is 6.08 Å².